The highest BCUT2D eigenvalue weighted by molar-refractivity contribution is 7.50. The van der Waals surface area contributed by atoms with Gasteiger partial charge in [0, 0.05) is 6.54 Å². The molecule has 0 aliphatic heterocycles. The Balaban J connectivity index is 1.44. The monoisotopic (exact) mass is 377 g/mol. The van der Waals surface area contributed by atoms with Crippen molar-refractivity contribution < 1.29 is 19.1 Å². The van der Waals surface area contributed by atoms with E-state index in [2.05, 4.69) is 15.0 Å². The Morgan fingerprint density at radius 1 is 1.12 bits per heavy atom. The normalized spacial score (nSPS) is 11.8. The van der Waals surface area contributed by atoms with Gasteiger partial charge in [-0.3, -0.25) is 4.57 Å². The molecule has 9 nitrogen and oxygen atoms in total. The molecule has 2 aromatic heterocycles. The van der Waals surface area contributed by atoms with Crippen LogP contribution in [0.15, 0.2) is 36.9 Å². The zero-order valence-corrected chi connectivity index (χ0v) is 14.9. The molecule has 138 valence electrons. The van der Waals surface area contributed by atoms with Crippen molar-refractivity contribution in [2.24, 2.45) is 0 Å². The van der Waals surface area contributed by atoms with Crippen LogP contribution < -0.4 is 10.5 Å². The minimum atomic E-state index is -4.04. The molecule has 0 saturated heterocycles. The van der Waals surface area contributed by atoms with Crippen LogP contribution in [0.25, 0.3) is 11.2 Å². The van der Waals surface area contributed by atoms with Gasteiger partial charge in [-0.15, -0.1) is 0 Å². The Bertz CT molecular complexity index is 922. The number of fused-ring (bicyclic) bond motifs is 1. The first kappa shape index (κ1) is 18.3. The number of unbranched alkanes of at least 4 members (excludes halogenated alkanes) is 1. The predicted molar refractivity (Wildman–Crippen MR) is 96.7 cm³/mol. The highest BCUT2D eigenvalue weighted by Crippen LogP contribution is 2.39. The molecule has 0 atom stereocenters. The van der Waals surface area contributed by atoms with E-state index < -0.39 is 7.60 Å². The standard InChI is InChI=1S/C16H20N5O4P/c17-15-14-16(19-10-18-15)21(11-20-14)7-1-2-8-25-13-5-3-12(4-6-13)9-26(22,23)24/h3-6,10-11H,1-2,7-9H2,(H2,17,18,19)(H2,22,23,24). The van der Waals surface area contributed by atoms with E-state index in [4.69, 9.17) is 20.3 Å². The van der Waals surface area contributed by atoms with E-state index in [1.807, 2.05) is 4.57 Å². The lowest BCUT2D eigenvalue weighted by Crippen LogP contribution is -2.03. The fourth-order valence-corrected chi connectivity index (χ4v) is 3.25. The van der Waals surface area contributed by atoms with Gasteiger partial charge in [-0.1, -0.05) is 12.1 Å². The molecule has 3 rings (SSSR count). The number of aryl methyl sites for hydroxylation is 1. The summed E-state index contributed by atoms with van der Waals surface area (Å²) in [6.07, 6.45) is 4.59. The third-order valence-electron chi connectivity index (χ3n) is 3.80. The molecule has 1 aromatic carbocycles. The molecule has 0 unspecified atom stereocenters. The first-order valence-corrected chi connectivity index (χ1v) is 9.90. The van der Waals surface area contributed by atoms with E-state index in [-0.39, 0.29) is 6.16 Å². The largest absolute Gasteiger partial charge is 0.494 e. The number of ether oxygens (including phenoxy) is 1. The molecule has 2 heterocycles. The van der Waals surface area contributed by atoms with Crippen LogP contribution in [-0.4, -0.2) is 35.9 Å². The summed E-state index contributed by atoms with van der Waals surface area (Å²) in [5.41, 5.74) is 7.68. The molecule has 0 saturated carbocycles. The zero-order valence-electron chi connectivity index (χ0n) is 14.0. The van der Waals surface area contributed by atoms with Gasteiger partial charge in [0.05, 0.1) is 19.1 Å². The number of hydrogen-bond acceptors (Lipinski definition) is 6. The molecule has 3 aromatic rings. The Morgan fingerprint density at radius 3 is 2.62 bits per heavy atom. The summed E-state index contributed by atoms with van der Waals surface area (Å²) in [4.78, 5) is 30.3. The van der Waals surface area contributed by atoms with Crippen molar-refractivity contribution in [1.29, 1.82) is 0 Å². The summed E-state index contributed by atoms with van der Waals surface area (Å²) < 4.78 is 18.6. The smallest absolute Gasteiger partial charge is 0.329 e. The summed E-state index contributed by atoms with van der Waals surface area (Å²) in [6.45, 7) is 1.29. The van der Waals surface area contributed by atoms with Gasteiger partial charge in [0.25, 0.3) is 0 Å². The van der Waals surface area contributed by atoms with Crippen LogP contribution in [0.1, 0.15) is 18.4 Å². The van der Waals surface area contributed by atoms with E-state index in [0.717, 1.165) is 25.0 Å². The molecule has 0 amide bonds. The maximum Gasteiger partial charge on any atom is 0.329 e. The van der Waals surface area contributed by atoms with Gasteiger partial charge in [0.2, 0.25) is 0 Å². The van der Waals surface area contributed by atoms with E-state index in [0.29, 0.717) is 29.3 Å². The molecule has 0 bridgehead atoms. The van der Waals surface area contributed by atoms with Gasteiger partial charge in [-0.05, 0) is 30.5 Å². The van der Waals surface area contributed by atoms with E-state index >= 15 is 0 Å². The highest BCUT2D eigenvalue weighted by Gasteiger charge is 2.13. The average Bonchev–Trinajstić information content (AvgIpc) is 2.99. The second-order valence-electron chi connectivity index (χ2n) is 5.89. The Labute approximate surface area is 150 Å². The summed E-state index contributed by atoms with van der Waals surface area (Å²) in [7, 11) is -4.04. The molecule has 26 heavy (non-hydrogen) atoms. The lowest BCUT2D eigenvalue weighted by molar-refractivity contribution is 0.303. The van der Waals surface area contributed by atoms with Crippen molar-refractivity contribution in [2.75, 3.05) is 12.3 Å². The van der Waals surface area contributed by atoms with Gasteiger partial charge >= 0.3 is 7.60 Å². The second-order valence-corrected chi connectivity index (χ2v) is 7.54. The van der Waals surface area contributed by atoms with Gasteiger partial charge in [0.1, 0.15) is 17.6 Å². The number of benzene rings is 1. The minimum absolute atomic E-state index is 0.264. The van der Waals surface area contributed by atoms with E-state index in [1.165, 1.54) is 6.33 Å². The fourth-order valence-electron chi connectivity index (χ4n) is 2.57. The van der Waals surface area contributed by atoms with Crippen molar-refractivity contribution in [1.82, 2.24) is 19.5 Å². The maximum atomic E-state index is 11.0. The van der Waals surface area contributed by atoms with Crippen LogP contribution in [0.3, 0.4) is 0 Å². The third-order valence-corrected chi connectivity index (χ3v) is 4.58. The molecule has 0 aliphatic rings. The Kier molecular flexibility index (Phi) is 5.51. The number of hydrogen-bond donors (Lipinski definition) is 3. The van der Waals surface area contributed by atoms with Gasteiger partial charge in [-0.2, -0.15) is 0 Å². The molecular weight excluding hydrogens is 357 g/mol. The first-order chi connectivity index (χ1) is 12.4. The molecular formula is C16H20N5O4P. The van der Waals surface area contributed by atoms with Crippen molar-refractivity contribution in [2.45, 2.75) is 25.5 Å². The molecule has 0 spiro atoms. The molecule has 10 heteroatoms. The fraction of sp³-hybridized carbons (Fsp3) is 0.312. The van der Waals surface area contributed by atoms with Gasteiger partial charge in [0.15, 0.2) is 11.5 Å². The number of anilines is 1. The van der Waals surface area contributed by atoms with Crippen LogP contribution in [0.5, 0.6) is 5.75 Å². The summed E-state index contributed by atoms with van der Waals surface area (Å²) in [5, 5.41) is 0. The van der Waals surface area contributed by atoms with Crippen LogP contribution >= 0.6 is 7.60 Å². The predicted octanol–water partition coefficient (Wildman–Crippen LogP) is 1.95. The van der Waals surface area contributed by atoms with Gasteiger partial charge < -0.3 is 24.8 Å². The summed E-state index contributed by atoms with van der Waals surface area (Å²) in [5.74, 6) is 1.05. The first-order valence-electron chi connectivity index (χ1n) is 8.10. The minimum Gasteiger partial charge on any atom is -0.494 e. The van der Waals surface area contributed by atoms with Crippen LogP contribution in [0.2, 0.25) is 0 Å². The zero-order chi connectivity index (χ0) is 18.6. The summed E-state index contributed by atoms with van der Waals surface area (Å²) >= 11 is 0. The van der Waals surface area contributed by atoms with Crippen molar-refractivity contribution in [3.8, 4) is 5.75 Å². The quantitative estimate of drug-likeness (QED) is 0.400. The average molecular weight is 377 g/mol. The lowest BCUT2D eigenvalue weighted by Gasteiger charge is -2.08. The van der Waals surface area contributed by atoms with Crippen molar-refractivity contribution in [3.05, 3.63) is 42.5 Å². The highest BCUT2D eigenvalue weighted by atomic mass is 31.2. The third kappa shape index (κ3) is 4.78. The number of imidazole rings is 1. The number of rotatable bonds is 8. The van der Waals surface area contributed by atoms with E-state index in [1.54, 1.807) is 30.6 Å². The van der Waals surface area contributed by atoms with E-state index in [9.17, 15) is 4.57 Å². The molecule has 0 fully saturated rings. The SMILES string of the molecule is Nc1ncnc2c1ncn2CCCCOc1ccc(CP(=O)(O)O)cc1. The molecule has 0 aliphatic carbocycles. The summed E-state index contributed by atoms with van der Waals surface area (Å²) in [6, 6.07) is 6.76. The maximum absolute atomic E-state index is 11.0. The molecule has 4 N–H and O–H groups in total. The number of nitrogens with zero attached hydrogens (tertiary/aromatic N) is 4. The van der Waals surface area contributed by atoms with Crippen molar-refractivity contribution in [3.63, 3.8) is 0 Å². The second kappa shape index (κ2) is 7.82. The topological polar surface area (TPSA) is 136 Å². The number of nitrogen functional groups attached to an aromatic ring is 1. The number of nitrogens with two attached hydrogens (primary N) is 1. The Morgan fingerprint density at radius 2 is 1.88 bits per heavy atom. The molecule has 0 radical (unpaired) electrons. The van der Waals surface area contributed by atoms with Crippen molar-refractivity contribution >= 4 is 24.6 Å². The van der Waals surface area contributed by atoms with Crippen LogP contribution in [-0.2, 0) is 17.3 Å². The Hall–Kier alpha value is -2.48. The van der Waals surface area contributed by atoms with Crippen LogP contribution in [0, 0.1) is 0 Å². The number of aromatic nitrogens is 4. The van der Waals surface area contributed by atoms with Crippen LogP contribution in [0.4, 0.5) is 5.82 Å². The van der Waals surface area contributed by atoms with Gasteiger partial charge in [-0.25, -0.2) is 15.0 Å². The lowest BCUT2D eigenvalue weighted by atomic mass is 10.2.